The van der Waals surface area contributed by atoms with Gasteiger partial charge >= 0.3 is 0 Å². The van der Waals surface area contributed by atoms with E-state index in [2.05, 4.69) is 22.9 Å². The fourth-order valence-corrected chi connectivity index (χ4v) is 2.16. The van der Waals surface area contributed by atoms with Gasteiger partial charge in [-0.25, -0.2) is 0 Å². The van der Waals surface area contributed by atoms with Crippen molar-refractivity contribution in [1.82, 2.24) is 4.98 Å². The van der Waals surface area contributed by atoms with Crippen molar-refractivity contribution in [2.24, 2.45) is 0 Å². The summed E-state index contributed by atoms with van der Waals surface area (Å²) in [5.41, 5.74) is 2.40. The Hall–Kier alpha value is -2.12. The smallest absolute Gasteiger partial charge is 0.103 e. The maximum Gasteiger partial charge on any atom is 0.103 e. The second-order valence-electron chi connectivity index (χ2n) is 4.56. The maximum atomic E-state index is 9.29. The Morgan fingerprint density at radius 3 is 2.84 bits per heavy atom. The van der Waals surface area contributed by atoms with Gasteiger partial charge in [-0.15, -0.1) is 0 Å². The van der Waals surface area contributed by atoms with Crippen LogP contribution in [0.25, 0.3) is 10.9 Å². The van der Waals surface area contributed by atoms with Gasteiger partial charge in [0.2, 0.25) is 0 Å². The minimum absolute atomic E-state index is 0.183. The van der Waals surface area contributed by atoms with E-state index in [1.165, 1.54) is 0 Å². The van der Waals surface area contributed by atoms with Gasteiger partial charge in [-0.1, -0.05) is 18.2 Å². The summed E-state index contributed by atoms with van der Waals surface area (Å²) in [5, 5.41) is 10.3. The number of para-hydroxylation sites is 1. The van der Waals surface area contributed by atoms with Gasteiger partial charge in [-0.05, 0) is 13.0 Å². The van der Waals surface area contributed by atoms with Crippen molar-refractivity contribution in [2.75, 3.05) is 25.7 Å². The highest BCUT2D eigenvalue weighted by molar-refractivity contribution is 5.94. The Balaban J connectivity index is 2.59. The Bertz CT molecular complexity index is 618. The molecule has 1 unspecified atom stereocenters. The molecule has 4 heteroatoms. The molecule has 0 saturated carbocycles. The molecule has 0 aliphatic carbocycles. The summed E-state index contributed by atoms with van der Waals surface area (Å²) >= 11 is 0. The first-order valence-corrected chi connectivity index (χ1v) is 6.18. The van der Waals surface area contributed by atoms with E-state index in [4.69, 9.17) is 4.74 Å². The number of nitrogens with zero attached hydrogens (tertiary/aromatic N) is 3. The molecule has 0 N–H and O–H groups in total. The zero-order valence-electron chi connectivity index (χ0n) is 11.4. The van der Waals surface area contributed by atoms with Crippen LogP contribution in [0.4, 0.5) is 5.69 Å². The zero-order valence-corrected chi connectivity index (χ0v) is 11.4. The molecule has 2 aromatic rings. The van der Waals surface area contributed by atoms with Crippen molar-refractivity contribution in [3.8, 4) is 6.07 Å². The first-order valence-electron chi connectivity index (χ1n) is 6.18. The van der Waals surface area contributed by atoms with Crippen molar-refractivity contribution in [2.45, 2.75) is 13.0 Å². The second-order valence-corrected chi connectivity index (χ2v) is 4.56. The van der Waals surface area contributed by atoms with Crippen molar-refractivity contribution in [3.05, 3.63) is 36.0 Å². The first kappa shape index (κ1) is 13.3. The molecular weight excluding hydrogens is 238 g/mol. The minimum Gasteiger partial charge on any atom is -0.383 e. The molecule has 0 aliphatic rings. The fraction of sp³-hybridized carbons (Fsp3) is 0.333. The Morgan fingerprint density at radius 1 is 1.42 bits per heavy atom. The molecule has 4 nitrogen and oxygen atoms in total. The lowest BCUT2D eigenvalue weighted by molar-refractivity contribution is 0.183. The highest BCUT2D eigenvalue weighted by atomic mass is 16.5. The molecule has 0 aliphatic heterocycles. The molecule has 0 saturated heterocycles. The van der Waals surface area contributed by atoms with E-state index in [0.717, 1.165) is 16.6 Å². The van der Waals surface area contributed by atoms with Gasteiger partial charge in [0.05, 0.1) is 23.4 Å². The van der Waals surface area contributed by atoms with Crippen molar-refractivity contribution < 1.29 is 4.74 Å². The number of fused-ring (bicyclic) bond motifs is 1. The molecule has 1 heterocycles. The van der Waals surface area contributed by atoms with Crippen LogP contribution in [-0.4, -0.2) is 31.8 Å². The van der Waals surface area contributed by atoms with Gasteiger partial charge < -0.3 is 9.64 Å². The Kier molecular flexibility index (Phi) is 3.98. The summed E-state index contributed by atoms with van der Waals surface area (Å²) in [7, 11) is 3.66. The molecule has 19 heavy (non-hydrogen) atoms. The van der Waals surface area contributed by atoms with E-state index in [1.54, 1.807) is 13.3 Å². The lowest BCUT2D eigenvalue weighted by atomic mass is 10.1. The van der Waals surface area contributed by atoms with Crippen LogP contribution in [0.1, 0.15) is 12.5 Å². The molecule has 0 amide bonds. The lowest BCUT2D eigenvalue weighted by Gasteiger charge is -2.28. The van der Waals surface area contributed by atoms with Crippen molar-refractivity contribution in [3.63, 3.8) is 0 Å². The summed E-state index contributed by atoms with van der Waals surface area (Å²) in [6, 6.07) is 10.3. The summed E-state index contributed by atoms with van der Waals surface area (Å²) in [6.45, 7) is 2.68. The largest absolute Gasteiger partial charge is 0.383 e. The third-order valence-corrected chi connectivity index (χ3v) is 3.29. The number of methoxy groups -OCH3 is 1. The topological polar surface area (TPSA) is 49.1 Å². The summed E-state index contributed by atoms with van der Waals surface area (Å²) in [6.07, 6.45) is 1.63. The standard InChI is InChI=1S/C15H17N3O/c1-11(10-19-3)18(2)15-12(8-16)9-17-14-7-5-4-6-13(14)15/h4-7,9,11H,10H2,1-3H3. The number of benzene rings is 1. The molecule has 1 aromatic carbocycles. The molecule has 2 rings (SSSR count). The van der Waals surface area contributed by atoms with Crippen LogP contribution in [-0.2, 0) is 4.74 Å². The van der Waals surface area contributed by atoms with Gasteiger partial charge in [0.15, 0.2) is 0 Å². The normalized spacial score (nSPS) is 12.1. The molecule has 1 aromatic heterocycles. The predicted molar refractivity (Wildman–Crippen MR) is 76.2 cm³/mol. The molecule has 0 spiro atoms. The van der Waals surface area contributed by atoms with Crippen LogP contribution in [0.5, 0.6) is 0 Å². The van der Waals surface area contributed by atoms with E-state index in [-0.39, 0.29) is 6.04 Å². The number of ether oxygens (including phenoxy) is 1. The molecule has 0 bridgehead atoms. The fourth-order valence-electron chi connectivity index (χ4n) is 2.16. The Morgan fingerprint density at radius 2 is 2.16 bits per heavy atom. The maximum absolute atomic E-state index is 9.29. The number of nitriles is 1. The SMILES string of the molecule is COCC(C)N(C)c1c(C#N)cnc2ccccc12. The number of anilines is 1. The van der Waals surface area contributed by atoms with E-state index < -0.39 is 0 Å². The second kappa shape index (κ2) is 5.68. The van der Waals surface area contributed by atoms with Crippen LogP contribution >= 0.6 is 0 Å². The number of pyridine rings is 1. The van der Waals surface area contributed by atoms with E-state index in [1.807, 2.05) is 31.3 Å². The number of hydrogen-bond acceptors (Lipinski definition) is 4. The van der Waals surface area contributed by atoms with Gasteiger partial charge in [-0.2, -0.15) is 5.26 Å². The van der Waals surface area contributed by atoms with Gasteiger partial charge in [-0.3, -0.25) is 4.98 Å². The van der Waals surface area contributed by atoms with E-state index in [0.29, 0.717) is 12.2 Å². The quantitative estimate of drug-likeness (QED) is 0.842. The average Bonchev–Trinajstić information content (AvgIpc) is 2.45. The number of rotatable bonds is 4. The van der Waals surface area contributed by atoms with Crippen LogP contribution < -0.4 is 4.90 Å². The molecule has 0 fully saturated rings. The van der Waals surface area contributed by atoms with Crippen LogP contribution in [0.2, 0.25) is 0 Å². The van der Waals surface area contributed by atoms with Crippen LogP contribution in [0, 0.1) is 11.3 Å². The van der Waals surface area contributed by atoms with E-state index in [9.17, 15) is 5.26 Å². The van der Waals surface area contributed by atoms with Crippen LogP contribution in [0.15, 0.2) is 30.5 Å². The average molecular weight is 255 g/mol. The molecular formula is C15H17N3O. The Labute approximate surface area is 113 Å². The summed E-state index contributed by atoms with van der Waals surface area (Å²) < 4.78 is 5.19. The van der Waals surface area contributed by atoms with E-state index >= 15 is 0 Å². The van der Waals surface area contributed by atoms with Crippen molar-refractivity contribution >= 4 is 16.6 Å². The monoisotopic (exact) mass is 255 g/mol. The summed E-state index contributed by atoms with van der Waals surface area (Å²) in [4.78, 5) is 6.40. The lowest BCUT2D eigenvalue weighted by Crippen LogP contribution is -2.33. The first-order chi connectivity index (χ1) is 9.19. The molecule has 98 valence electrons. The molecule has 1 atom stereocenters. The number of aromatic nitrogens is 1. The minimum atomic E-state index is 0.183. The van der Waals surface area contributed by atoms with Gasteiger partial charge in [0, 0.05) is 31.8 Å². The van der Waals surface area contributed by atoms with Crippen molar-refractivity contribution in [1.29, 1.82) is 5.26 Å². The van der Waals surface area contributed by atoms with Gasteiger partial charge in [0.1, 0.15) is 6.07 Å². The molecule has 0 radical (unpaired) electrons. The third kappa shape index (κ3) is 2.51. The number of hydrogen-bond donors (Lipinski definition) is 0. The zero-order chi connectivity index (χ0) is 13.8. The highest BCUT2D eigenvalue weighted by Crippen LogP contribution is 2.29. The van der Waals surface area contributed by atoms with Crippen LogP contribution in [0.3, 0.4) is 0 Å². The number of likely N-dealkylation sites (N-methyl/N-ethyl adjacent to an activating group) is 1. The van der Waals surface area contributed by atoms with Gasteiger partial charge in [0.25, 0.3) is 0 Å². The highest BCUT2D eigenvalue weighted by Gasteiger charge is 2.17. The third-order valence-electron chi connectivity index (χ3n) is 3.29. The predicted octanol–water partition coefficient (Wildman–Crippen LogP) is 2.58. The summed E-state index contributed by atoms with van der Waals surface area (Å²) in [5.74, 6) is 0.